The van der Waals surface area contributed by atoms with Gasteiger partial charge >= 0.3 is 0 Å². The maximum absolute atomic E-state index is 11.1. The van der Waals surface area contributed by atoms with E-state index in [9.17, 15) is 19.8 Å². The molecule has 4 heteroatoms. The number of aromatic carboxylic acids is 1. The minimum absolute atomic E-state index is 0.0600. The van der Waals surface area contributed by atoms with Gasteiger partial charge in [-0.15, -0.1) is 0 Å². The molecule has 142 valence electrons. The molecule has 0 amide bonds. The molecular formula is C22H28O4-2. The molecule has 0 aliphatic heterocycles. The van der Waals surface area contributed by atoms with Crippen molar-refractivity contribution in [3.63, 3.8) is 0 Å². The Kier molecular flexibility index (Phi) is 4.89. The Morgan fingerprint density at radius 3 is 1.62 bits per heavy atom. The van der Waals surface area contributed by atoms with E-state index in [1.54, 1.807) is 12.1 Å². The zero-order chi connectivity index (χ0) is 19.1. The molecule has 1 aromatic rings. The molecule has 0 atom stereocenters. The second-order valence-corrected chi connectivity index (χ2v) is 9.60. The van der Waals surface area contributed by atoms with Crippen molar-refractivity contribution in [2.45, 2.75) is 64.7 Å². The molecule has 4 aliphatic carbocycles. The van der Waals surface area contributed by atoms with Gasteiger partial charge in [0.05, 0.1) is 5.97 Å². The van der Waals surface area contributed by atoms with Gasteiger partial charge in [0.15, 0.2) is 0 Å². The van der Waals surface area contributed by atoms with Gasteiger partial charge in [-0.2, -0.15) is 0 Å². The minimum atomic E-state index is -1.12. The second-order valence-electron chi connectivity index (χ2n) is 9.60. The predicted octanol–water partition coefficient (Wildman–Crippen LogP) is 2.30. The van der Waals surface area contributed by atoms with Gasteiger partial charge < -0.3 is 19.8 Å². The highest BCUT2D eigenvalue weighted by Crippen LogP contribution is 2.59. The van der Waals surface area contributed by atoms with E-state index in [1.807, 2.05) is 12.1 Å². The number of rotatable bonds is 2. The smallest absolute Gasteiger partial charge is 0.0715 e. The lowest BCUT2D eigenvalue weighted by Gasteiger charge is -2.57. The first-order valence-corrected chi connectivity index (χ1v) is 9.62. The number of aliphatic carboxylic acids is 1. The SMILES string of the molecule is CC(C)(C)c1ccc(C(=O)[O-])cc1.O=C([O-])C12CC3CC(CC(C3)C1)C2. The van der Waals surface area contributed by atoms with Gasteiger partial charge in [-0.25, -0.2) is 0 Å². The monoisotopic (exact) mass is 356 g/mol. The quantitative estimate of drug-likeness (QED) is 0.814. The molecule has 0 heterocycles. The third-order valence-corrected chi connectivity index (χ3v) is 6.46. The Balaban J connectivity index is 0.000000151. The molecule has 0 saturated heterocycles. The molecule has 4 fully saturated rings. The predicted molar refractivity (Wildman–Crippen MR) is 95.1 cm³/mol. The summed E-state index contributed by atoms with van der Waals surface area (Å²) in [6.07, 6.45) is 6.65. The van der Waals surface area contributed by atoms with Gasteiger partial charge in [-0.3, -0.25) is 0 Å². The van der Waals surface area contributed by atoms with Crippen molar-refractivity contribution in [1.82, 2.24) is 0 Å². The van der Waals surface area contributed by atoms with Crippen LogP contribution in [0, 0.1) is 23.2 Å². The zero-order valence-electron chi connectivity index (χ0n) is 15.9. The fourth-order valence-corrected chi connectivity index (χ4v) is 5.47. The lowest BCUT2D eigenvalue weighted by atomic mass is 9.49. The number of hydrogen-bond acceptors (Lipinski definition) is 4. The Morgan fingerprint density at radius 1 is 0.885 bits per heavy atom. The molecule has 4 bridgehead atoms. The van der Waals surface area contributed by atoms with Crippen LogP contribution in [-0.4, -0.2) is 11.9 Å². The molecule has 4 nitrogen and oxygen atoms in total. The van der Waals surface area contributed by atoms with Crippen molar-refractivity contribution in [3.8, 4) is 0 Å². The Morgan fingerprint density at radius 2 is 1.31 bits per heavy atom. The molecule has 5 rings (SSSR count). The number of carboxylic acid groups (broad SMARTS) is 2. The van der Waals surface area contributed by atoms with Crippen LogP contribution >= 0.6 is 0 Å². The summed E-state index contributed by atoms with van der Waals surface area (Å²) < 4.78 is 0. The van der Waals surface area contributed by atoms with Crippen LogP contribution in [0.25, 0.3) is 0 Å². The van der Waals surface area contributed by atoms with Crippen LogP contribution in [0.2, 0.25) is 0 Å². The van der Waals surface area contributed by atoms with Gasteiger partial charge in [0.25, 0.3) is 0 Å². The fourth-order valence-electron chi connectivity index (χ4n) is 5.47. The van der Waals surface area contributed by atoms with E-state index in [1.165, 1.54) is 19.3 Å². The Labute approximate surface area is 155 Å². The molecule has 0 N–H and O–H groups in total. The van der Waals surface area contributed by atoms with Crippen LogP contribution in [0.1, 0.15) is 75.2 Å². The lowest BCUT2D eigenvalue weighted by Crippen LogP contribution is -2.54. The molecule has 1 aromatic carbocycles. The van der Waals surface area contributed by atoms with E-state index in [-0.39, 0.29) is 11.0 Å². The van der Waals surface area contributed by atoms with Crippen LogP contribution < -0.4 is 10.2 Å². The minimum Gasteiger partial charge on any atom is -0.550 e. The molecule has 26 heavy (non-hydrogen) atoms. The normalized spacial score (nSPS) is 31.9. The van der Waals surface area contributed by atoms with Crippen molar-refractivity contribution in [1.29, 1.82) is 0 Å². The first kappa shape index (κ1) is 18.9. The Hall–Kier alpha value is -1.84. The van der Waals surface area contributed by atoms with Crippen LogP contribution in [0.4, 0.5) is 0 Å². The van der Waals surface area contributed by atoms with E-state index in [2.05, 4.69) is 20.8 Å². The summed E-state index contributed by atoms with van der Waals surface area (Å²) >= 11 is 0. The molecule has 0 unspecified atom stereocenters. The largest absolute Gasteiger partial charge is 0.550 e. The summed E-state index contributed by atoms with van der Waals surface area (Å²) in [7, 11) is 0. The summed E-state index contributed by atoms with van der Waals surface area (Å²) in [6, 6.07) is 6.81. The van der Waals surface area contributed by atoms with E-state index < -0.39 is 17.4 Å². The number of hydrogen-bond donors (Lipinski definition) is 0. The molecule has 4 aliphatic rings. The molecule has 4 saturated carbocycles. The third-order valence-electron chi connectivity index (χ3n) is 6.46. The van der Waals surface area contributed by atoms with Crippen LogP contribution in [0.5, 0.6) is 0 Å². The lowest BCUT2D eigenvalue weighted by molar-refractivity contribution is -0.327. The van der Waals surface area contributed by atoms with Crippen molar-refractivity contribution in [2.24, 2.45) is 23.2 Å². The highest BCUT2D eigenvalue weighted by atomic mass is 16.4. The maximum Gasteiger partial charge on any atom is 0.0715 e. The third kappa shape index (κ3) is 3.79. The summed E-state index contributed by atoms with van der Waals surface area (Å²) in [6.45, 7) is 6.25. The van der Waals surface area contributed by atoms with Crippen molar-refractivity contribution < 1.29 is 19.8 Å². The molecule has 0 radical (unpaired) electrons. The number of carbonyl (C=O) groups is 2. The summed E-state index contributed by atoms with van der Waals surface area (Å²) in [5.41, 5.74) is 1.02. The van der Waals surface area contributed by atoms with Gasteiger partial charge in [-0.1, -0.05) is 45.0 Å². The van der Waals surface area contributed by atoms with Gasteiger partial charge in [-0.05, 0) is 72.8 Å². The number of carbonyl (C=O) groups excluding carboxylic acids is 2. The summed E-state index contributed by atoms with van der Waals surface area (Å²) in [4.78, 5) is 21.6. The number of benzene rings is 1. The number of carboxylic acids is 2. The first-order chi connectivity index (χ1) is 12.1. The van der Waals surface area contributed by atoms with Crippen molar-refractivity contribution in [3.05, 3.63) is 35.4 Å². The summed E-state index contributed by atoms with van der Waals surface area (Å²) in [5.74, 6) is 0.254. The van der Waals surface area contributed by atoms with Crippen molar-refractivity contribution in [2.75, 3.05) is 0 Å². The second kappa shape index (κ2) is 6.71. The average molecular weight is 356 g/mol. The van der Waals surface area contributed by atoms with Gasteiger partial charge in [0.1, 0.15) is 0 Å². The standard InChI is InChI=1S/C11H16O2.C11H14O2/c12-10(13)11-4-7-1-8(5-11)3-9(2-7)6-11;1-11(2,3)9-6-4-8(5-7-9)10(12)13/h7-9H,1-6H2,(H,12,13);4-7H,1-3H3,(H,12,13)/p-2. The van der Waals surface area contributed by atoms with E-state index in [0.29, 0.717) is 17.8 Å². The maximum atomic E-state index is 11.1. The summed E-state index contributed by atoms with van der Waals surface area (Å²) in [5, 5.41) is 21.6. The molecule has 0 aromatic heterocycles. The van der Waals surface area contributed by atoms with E-state index in [0.717, 1.165) is 24.8 Å². The van der Waals surface area contributed by atoms with Crippen LogP contribution in [0.15, 0.2) is 24.3 Å². The molecular weight excluding hydrogens is 328 g/mol. The topological polar surface area (TPSA) is 80.3 Å². The van der Waals surface area contributed by atoms with Gasteiger partial charge in [0, 0.05) is 11.4 Å². The molecule has 0 spiro atoms. The van der Waals surface area contributed by atoms with E-state index >= 15 is 0 Å². The van der Waals surface area contributed by atoms with Gasteiger partial charge in [0.2, 0.25) is 0 Å². The van der Waals surface area contributed by atoms with Crippen molar-refractivity contribution >= 4 is 11.9 Å². The van der Waals surface area contributed by atoms with Crippen LogP contribution in [-0.2, 0) is 10.2 Å². The average Bonchev–Trinajstić information content (AvgIpc) is 2.53. The fraction of sp³-hybridized carbons (Fsp3) is 0.636. The van der Waals surface area contributed by atoms with E-state index in [4.69, 9.17) is 0 Å². The van der Waals surface area contributed by atoms with Crippen LogP contribution in [0.3, 0.4) is 0 Å². The highest BCUT2D eigenvalue weighted by Gasteiger charge is 2.51. The highest BCUT2D eigenvalue weighted by molar-refractivity contribution is 5.85. The zero-order valence-corrected chi connectivity index (χ0v) is 15.9. The Bertz CT molecular complexity index is 646. The first-order valence-electron chi connectivity index (χ1n) is 9.62.